The molecule has 0 aromatic heterocycles. The number of esters is 1. The van der Waals surface area contributed by atoms with Crippen molar-refractivity contribution in [2.75, 3.05) is 35.2 Å². The van der Waals surface area contributed by atoms with Crippen LogP contribution in [0, 0.1) is 5.92 Å². The molecule has 206 valence electrons. The molecule has 0 radical (unpaired) electrons. The first-order valence-electron chi connectivity index (χ1n) is 12.6. The second-order valence-electron chi connectivity index (χ2n) is 9.77. The fourth-order valence-corrected chi connectivity index (χ4v) is 5.37. The Labute approximate surface area is 227 Å². The van der Waals surface area contributed by atoms with Crippen LogP contribution in [0.5, 0.6) is 34.5 Å². The highest BCUT2D eigenvalue weighted by molar-refractivity contribution is 5.91. The van der Waals surface area contributed by atoms with E-state index in [1.54, 1.807) is 51.5 Å². The third-order valence-electron chi connectivity index (χ3n) is 7.59. The SMILES string of the molecule is COc1cc2c(c(OC)c1OC)-c1c(cc3c(c1OC)OCO3)[C@@H](OC(=O)c1ccccc1)[C@](C)(O)[C@H](C)C2. The monoisotopic (exact) mass is 536 g/mol. The highest BCUT2D eigenvalue weighted by atomic mass is 16.7. The Morgan fingerprint density at radius 1 is 0.923 bits per heavy atom. The molecular weight excluding hydrogens is 504 g/mol. The van der Waals surface area contributed by atoms with Crippen molar-refractivity contribution in [1.29, 1.82) is 0 Å². The Hall–Kier alpha value is -4.11. The van der Waals surface area contributed by atoms with E-state index in [0.29, 0.717) is 63.2 Å². The minimum absolute atomic E-state index is 0.00816. The Balaban J connectivity index is 1.86. The topological polar surface area (TPSA) is 102 Å². The van der Waals surface area contributed by atoms with Gasteiger partial charge in [-0.15, -0.1) is 0 Å². The van der Waals surface area contributed by atoms with Crippen LogP contribution in [0.4, 0.5) is 0 Å². The number of carbonyl (C=O) groups is 1. The van der Waals surface area contributed by atoms with Gasteiger partial charge in [0.15, 0.2) is 29.1 Å². The summed E-state index contributed by atoms with van der Waals surface area (Å²) in [5.74, 6) is 1.51. The first kappa shape index (κ1) is 26.5. The van der Waals surface area contributed by atoms with Crippen molar-refractivity contribution in [1.82, 2.24) is 0 Å². The van der Waals surface area contributed by atoms with E-state index in [1.807, 2.05) is 19.1 Å². The van der Waals surface area contributed by atoms with Crippen molar-refractivity contribution in [3.05, 3.63) is 59.2 Å². The van der Waals surface area contributed by atoms with E-state index >= 15 is 0 Å². The maximum Gasteiger partial charge on any atom is 0.338 e. The van der Waals surface area contributed by atoms with Gasteiger partial charge < -0.3 is 38.3 Å². The van der Waals surface area contributed by atoms with Crippen molar-refractivity contribution in [3.8, 4) is 45.6 Å². The van der Waals surface area contributed by atoms with Crippen LogP contribution in [-0.4, -0.2) is 51.9 Å². The van der Waals surface area contributed by atoms with Gasteiger partial charge in [0.2, 0.25) is 18.3 Å². The predicted octanol–water partition coefficient (Wildman–Crippen LogP) is 4.96. The van der Waals surface area contributed by atoms with Crippen molar-refractivity contribution in [2.45, 2.75) is 32.0 Å². The first-order chi connectivity index (χ1) is 18.8. The molecule has 9 nitrogen and oxygen atoms in total. The van der Waals surface area contributed by atoms with Gasteiger partial charge in [-0.25, -0.2) is 4.79 Å². The number of methoxy groups -OCH3 is 4. The Kier molecular flexibility index (Phi) is 6.94. The van der Waals surface area contributed by atoms with Gasteiger partial charge >= 0.3 is 5.97 Å². The number of rotatable bonds is 6. The van der Waals surface area contributed by atoms with E-state index in [1.165, 1.54) is 14.2 Å². The van der Waals surface area contributed by atoms with E-state index in [-0.39, 0.29) is 12.7 Å². The summed E-state index contributed by atoms with van der Waals surface area (Å²) >= 11 is 0. The zero-order valence-electron chi connectivity index (χ0n) is 22.8. The van der Waals surface area contributed by atoms with Gasteiger partial charge in [0.25, 0.3) is 0 Å². The minimum Gasteiger partial charge on any atom is -0.493 e. The lowest BCUT2D eigenvalue weighted by molar-refractivity contribution is -0.107. The summed E-state index contributed by atoms with van der Waals surface area (Å²) in [6, 6.07) is 12.3. The van der Waals surface area contributed by atoms with Crippen LogP contribution in [0.1, 0.15) is 41.4 Å². The number of benzene rings is 3. The maximum absolute atomic E-state index is 13.4. The van der Waals surface area contributed by atoms with Gasteiger partial charge in [-0.05, 0) is 49.1 Å². The average Bonchev–Trinajstić information content (AvgIpc) is 3.42. The molecule has 1 heterocycles. The molecular formula is C30H32O9. The van der Waals surface area contributed by atoms with Crippen LogP contribution in [0.15, 0.2) is 42.5 Å². The quantitative estimate of drug-likeness (QED) is 0.438. The van der Waals surface area contributed by atoms with Crippen molar-refractivity contribution < 1.29 is 43.1 Å². The summed E-state index contributed by atoms with van der Waals surface area (Å²) in [5.41, 5.74) is 1.35. The van der Waals surface area contributed by atoms with Crippen LogP contribution in [-0.2, 0) is 11.2 Å². The zero-order valence-corrected chi connectivity index (χ0v) is 22.8. The molecule has 5 rings (SSSR count). The number of hydrogen-bond donors (Lipinski definition) is 1. The normalized spacial score (nSPS) is 21.1. The zero-order chi connectivity index (χ0) is 27.9. The van der Waals surface area contributed by atoms with Crippen LogP contribution in [0.3, 0.4) is 0 Å². The standard InChI is InChI=1S/C30H32O9/c1-16-12-18-13-20(33-3)24(34-4)26(35-5)22(18)23-19(14-21-25(27(23)36-6)38-15-37-21)28(30(16,2)32)39-29(31)17-10-8-7-9-11-17/h7-11,13-14,16,28,32H,12,15H2,1-6H3/t16-,28-,30-/m1/s1. The lowest BCUT2D eigenvalue weighted by Crippen LogP contribution is -2.43. The Morgan fingerprint density at radius 2 is 1.62 bits per heavy atom. The molecule has 1 aliphatic carbocycles. The molecule has 0 fully saturated rings. The van der Waals surface area contributed by atoms with E-state index in [0.717, 1.165) is 5.56 Å². The molecule has 0 bridgehead atoms. The lowest BCUT2D eigenvalue weighted by Gasteiger charge is -2.41. The number of aliphatic hydroxyl groups is 1. The van der Waals surface area contributed by atoms with Crippen molar-refractivity contribution >= 4 is 5.97 Å². The van der Waals surface area contributed by atoms with Crippen LogP contribution >= 0.6 is 0 Å². The largest absolute Gasteiger partial charge is 0.493 e. The minimum atomic E-state index is -1.50. The summed E-state index contributed by atoms with van der Waals surface area (Å²) < 4.78 is 40.8. The molecule has 1 N–H and O–H groups in total. The Morgan fingerprint density at radius 3 is 2.26 bits per heavy atom. The maximum atomic E-state index is 13.4. The number of hydrogen-bond acceptors (Lipinski definition) is 9. The van der Waals surface area contributed by atoms with E-state index in [2.05, 4.69) is 0 Å². The summed E-state index contributed by atoms with van der Waals surface area (Å²) in [6.45, 7) is 3.57. The molecule has 9 heteroatoms. The van der Waals surface area contributed by atoms with E-state index in [4.69, 9.17) is 33.2 Å². The van der Waals surface area contributed by atoms with Crippen LogP contribution in [0.25, 0.3) is 11.1 Å². The van der Waals surface area contributed by atoms with Crippen LogP contribution < -0.4 is 28.4 Å². The first-order valence-corrected chi connectivity index (χ1v) is 12.6. The number of ether oxygens (including phenoxy) is 7. The summed E-state index contributed by atoms with van der Waals surface area (Å²) in [5, 5.41) is 12.1. The fraction of sp³-hybridized carbons (Fsp3) is 0.367. The summed E-state index contributed by atoms with van der Waals surface area (Å²) in [7, 11) is 6.15. The molecule has 0 spiro atoms. The van der Waals surface area contributed by atoms with E-state index < -0.39 is 17.7 Å². The predicted molar refractivity (Wildman–Crippen MR) is 142 cm³/mol. The molecule has 3 atom stereocenters. The second kappa shape index (κ2) is 10.2. The third-order valence-corrected chi connectivity index (χ3v) is 7.59. The van der Waals surface area contributed by atoms with Crippen molar-refractivity contribution in [3.63, 3.8) is 0 Å². The molecule has 2 aliphatic rings. The smallest absolute Gasteiger partial charge is 0.338 e. The average molecular weight is 537 g/mol. The number of carbonyl (C=O) groups excluding carboxylic acids is 1. The highest BCUT2D eigenvalue weighted by Gasteiger charge is 2.47. The van der Waals surface area contributed by atoms with Crippen molar-refractivity contribution in [2.24, 2.45) is 5.92 Å². The van der Waals surface area contributed by atoms with Crippen LogP contribution in [0.2, 0.25) is 0 Å². The number of fused-ring (bicyclic) bond motifs is 4. The third kappa shape index (κ3) is 4.27. The summed E-state index contributed by atoms with van der Waals surface area (Å²) in [6.07, 6.45) is -0.709. The van der Waals surface area contributed by atoms with Gasteiger partial charge in [-0.2, -0.15) is 0 Å². The van der Waals surface area contributed by atoms with Gasteiger partial charge in [0.05, 0.1) is 34.0 Å². The molecule has 39 heavy (non-hydrogen) atoms. The van der Waals surface area contributed by atoms with Gasteiger partial charge in [-0.3, -0.25) is 0 Å². The molecule has 1 aliphatic heterocycles. The molecule has 0 amide bonds. The fourth-order valence-electron chi connectivity index (χ4n) is 5.37. The lowest BCUT2D eigenvalue weighted by atomic mass is 9.73. The Bertz CT molecular complexity index is 1400. The second-order valence-corrected chi connectivity index (χ2v) is 9.77. The molecule has 3 aromatic carbocycles. The highest BCUT2D eigenvalue weighted by Crippen LogP contribution is 2.59. The molecule has 3 aromatic rings. The van der Waals surface area contributed by atoms with Gasteiger partial charge in [0.1, 0.15) is 5.60 Å². The summed E-state index contributed by atoms with van der Waals surface area (Å²) in [4.78, 5) is 13.4. The molecule has 0 saturated heterocycles. The van der Waals surface area contributed by atoms with Gasteiger partial charge in [-0.1, -0.05) is 25.1 Å². The molecule has 0 unspecified atom stereocenters. The van der Waals surface area contributed by atoms with E-state index in [9.17, 15) is 9.90 Å². The van der Waals surface area contributed by atoms with Gasteiger partial charge in [0, 0.05) is 16.7 Å². The molecule has 0 saturated carbocycles.